The predicted octanol–water partition coefficient (Wildman–Crippen LogP) is 2.24. The lowest BCUT2D eigenvalue weighted by atomic mass is 10.00. The maximum atomic E-state index is 10.4. The van der Waals surface area contributed by atoms with Crippen molar-refractivity contribution in [3.63, 3.8) is 0 Å². The van der Waals surface area contributed by atoms with Crippen LogP contribution in [-0.4, -0.2) is 21.4 Å². The van der Waals surface area contributed by atoms with Crippen molar-refractivity contribution < 1.29 is 5.11 Å². The van der Waals surface area contributed by atoms with Gasteiger partial charge in [-0.3, -0.25) is 4.68 Å². The fraction of sp³-hybridized carbons (Fsp3) is 0.417. The summed E-state index contributed by atoms with van der Waals surface area (Å²) in [6.07, 6.45) is 3.53. The van der Waals surface area contributed by atoms with Crippen molar-refractivity contribution in [2.75, 3.05) is 6.54 Å². The standard InChI is InChI=1S/C12H16BrN3OS/c1-12(17,10-5-15-16(2)6-10)8-14-4-9-3-11(13)18-7-9/h3,5-7,14,17H,4,8H2,1-2H3. The average Bonchev–Trinajstić information content (AvgIpc) is 2.88. The average molecular weight is 330 g/mol. The van der Waals surface area contributed by atoms with Gasteiger partial charge < -0.3 is 10.4 Å². The molecule has 98 valence electrons. The summed E-state index contributed by atoms with van der Waals surface area (Å²) in [6, 6.07) is 2.08. The van der Waals surface area contributed by atoms with Gasteiger partial charge in [0.05, 0.1) is 9.98 Å². The molecule has 0 aliphatic rings. The van der Waals surface area contributed by atoms with E-state index in [9.17, 15) is 5.11 Å². The van der Waals surface area contributed by atoms with Crippen LogP contribution in [0.5, 0.6) is 0 Å². The quantitative estimate of drug-likeness (QED) is 0.884. The summed E-state index contributed by atoms with van der Waals surface area (Å²) in [6.45, 7) is 3.03. The third-order valence-electron chi connectivity index (χ3n) is 2.75. The number of thiophene rings is 1. The van der Waals surface area contributed by atoms with Crippen molar-refractivity contribution in [1.82, 2.24) is 15.1 Å². The summed E-state index contributed by atoms with van der Waals surface area (Å²) >= 11 is 5.10. The number of nitrogens with zero attached hydrogens (tertiary/aromatic N) is 2. The molecular weight excluding hydrogens is 314 g/mol. The highest BCUT2D eigenvalue weighted by Crippen LogP contribution is 2.21. The van der Waals surface area contributed by atoms with Crippen LogP contribution in [0.4, 0.5) is 0 Å². The van der Waals surface area contributed by atoms with Gasteiger partial charge in [-0.1, -0.05) is 0 Å². The van der Waals surface area contributed by atoms with Crippen LogP contribution < -0.4 is 5.32 Å². The van der Waals surface area contributed by atoms with Crippen molar-refractivity contribution in [3.8, 4) is 0 Å². The molecule has 2 N–H and O–H groups in total. The number of aromatic nitrogens is 2. The molecule has 2 aromatic heterocycles. The molecule has 0 radical (unpaired) electrons. The molecule has 2 rings (SSSR count). The molecule has 0 aliphatic heterocycles. The molecular formula is C12H16BrN3OS. The molecule has 0 spiro atoms. The van der Waals surface area contributed by atoms with Gasteiger partial charge >= 0.3 is 0 Å². The van der Waals surface area contributed by atoms with Crippen molar-refractivity contribution in [1.29, 1.82) is 0 Å². The van der Waals surface area contributed by atoms with Crippen molar-refractivity contribution in [2.24, 2.45) is 7.05 Å². The minimum atomic E-state index is -0.901. The van der Waals surface area contributed by atoms with Crippen LogP contribution in [0.3, 0.4) is 0 Å². The van der Waals surface area contributed by atoms with Gasteiger partial charge in [-0.05, 0) is 39.9 Å². The minimum absolute atomic E-state index is 0.492. The summed E-state index contributed by atoms with van der Waals surface area (Å²) in [7, 11) is 1.84. The van der Waals surface area contributed by atoms with Crippen LogP contribution in [0.15, 0.2) is 27.6 Å². The van der Waals surface area contributed by atoms with E-state index in [1.54, 1.807) is 29.1 Å². The Balaban J connectivity index is 1.89. The van der Waals surface area contributed by atoms with Gasteiger partial charge in [0.2, 0.25) is 0 Å². The maximum absolute atomic E-state index is 10.4. The zero-order valence-electron chi connectivity index (χ0n) is 10.4. The molecule has 2 aromatic rings. The molecule has 0 aromatic carbocycles. The van der Waals surface area contributed by atoms with Crippen molar-refractivity contribution in [2.45, 2.75) is 19.1 Å². The van der Waals surface area contributed by atoms with Crippen LogP contribution in [-0.2, 0) is 19.2 Å². The molecule has 1 atom stereocenters. The zero-order chi connectivity index (χ0) is 13.2. The predicted molar refractivity (Wildman–Crippen MR) is 76.5 cm³/mol. The Labute approximate surface area is 119 Å². The fourth-order valence-corrected chi connectivity index (χ4v) is 2.90. The van der Waals surface area contributed by atoms with E-state index in [4.69, 9.17) is 0 Å². The second-order valence-corrected chi connectivity index (χ2v) is 6.83. The number of hydrogen-bond acceptors (Lipinski definition) is 4. The summed E-state index contributed by atoms with van der Waals surface area (Å²) in [4.78, 5) is 0. The number of hydrogen-bond donors (Lipinski definition) is 2. The number of halogens is 1. The van der Waals surface area contributed by atoms with Gasteiger partial charge in [0.1, 0.15) is 5.60 Å². The van der Waals surface area contributed by atoms with Gasteiger partial charge in [0, 0.05) is 31.9 Å². The summed E-state index contributed by atoms with van der Waals surface area (Å²) in [5.41, 5.74) is 1.14. The van der Waals surface area contributed by atoms with Crippen molar-refractivity contribution in [3.05, 3.63) is 38.8 Å². The maximum Gasteiger partial charge on any atom is 0.102 e. The Kier molecular flexibility index (Phi) is 4.21. The summed E-state index contributed by atoms with van der Waals surface area (Å²) < 4.78 is 2.82. The van der Waals surface area contributed by atoms with Gasteiger partial charge in [0.15, 0.2) is 0 Å². The second kappa shape index (κ2) is 5.52. The summed E-state index contributed by atoms with van der Waals surface area (Å²) in [5.74, 6) is 0. The summed E-state index contributed by atoms with van der Waals surface area (Å²) in [5, 5.41) is 19.8. The van der Waals surface area contributed by atoms with E-state index in [1.807, 2.05) is 13.2 Å². The van der Waals surface area contributed by atoms with Crippen LogP contribution in [0, 0.1) is 0 Å². The number of rotatable bonds is 5. The molecule has 0 aliphatic carbocycles. The zero-order valence-corrected chi connectivity index (χ0v) is 12.8. The van der Waals surface area contributed by atoms with E-state index in [0.29, 0.717) is 6.54 Å². The topological polar surface area (TPSA) is 50.1 Å². The van der Waals surface area contributed by atoms with E-state index in [-0.39, 0.29) is 0 Å². The Bertz CT molecular complexity index is 521. The molecule has 1 unspecified atom stereocenters. The molecule has 4 nitrogen and oxygen atoms in total. The van der Waals surface area contributed by atoms with Crippen LogP contribution in [0.25, 0.3) is 0 Å². The third-order valence-corrected chi connectivity index (χ3v) is 4.30. The van der Waals surface area contributed by atoms with Gasteiger partial charge in [0.25, 0.3) is 0 Å². The highest BCUT2D eigenvalue weighted by Gasteiger charge is 2.24. The normalized spacial score (nSPS) is 14.7. The van der Waals surface area contributed by atoms with Crippen LogP contribution in [0.1, 0.15) is 18.1 Å². The second-order valence-electron chi connectivity index (χ2n) is 4.54. The number of aryl methyl sites for hydroxylation is 1. The largest absolute Gasteiger partial charge is 0.384 e. The first kappa shape index (κ1) is 13.7. The lowest BCUT2D eigenvalue weighted by molar-refractivity contribution is 0.0566. The highest BCUT2D eigenvalue weighted by molar-refractivity contribution is 9.11. The lowest BCUT2D eigenvalue weighted by Crippen LogP contribution is -2.34. The van der Waals surface area contributed by atoms with E-state index < -0.39 is 5.60 Å². The Hall–Kier alpha value is -0.690. The smallest absolute Gasteiger partial charge is 0.102 e. The SMILES string of the molecule is Cn1cc(C(C)(O)CNCc2csc(Br)c2)cn1. The number of nitrogens with one attached hydrogen (secondary N) is 1. The van der Waals surface area contributed by atoms with E-state index in [2.05, 4.69) is 37.8 Å². The highest BCUT2D eigenvalue weighted by atomic mass is 79.9. The molecule has 0 saturated carbocycles. The Morgan fingerprint density at radius 3 is 2.94 bits per heavy atom. The first-order valence-corrected chi connectivity index (χ1v) is 7.30. The monoisotopic (exact) mass is 329 g/mol. The molecule has 6 heteroatoms. The first-order valence-electron chi connectivity index (χ1n) is 5.62. The molecule has 2 heterocycles. The van der Waals surface area contributed by atoms with E-state index >= 15 is 0 Å². The molecule has 0 saturated heterocycles. The third kappa shape index (κ3) is 3.41. The van der Waals surface area contributed by atoms with Crippen LogP contribution in [0.2, 0.25) is 0 Å². The van der Waals surface area contributed by atoms with Crippen molar-refractivity contribution >= 4 is 27.3 Å². The lowest BCUT2D eigenvalue weighted by Gasteiger charge is -2.22. The van der Waals surface area contributed by atoms with Gasteiger partial charge in [-0.2, -0.15) is 5.10 Å². The molecule has 0 bridgehead atoms. The Morgan fingerprint density at radius 2 is 2.39 bits per heavy atom. The molecule has 0 amide bonds. The minimum Gasteiger partial charge on any atom is -0.384 e. The molecule has 18 heavy (non-hydrogen) atoms. The van der Waals surface area contributed by atoms with E-state index in [0.717, 1.165) is 15.9 Å². The fourth-order valence-electron chi connectivity index (χ4n) is 1.69. The first-order chi connectivity index (χ1) is 8.47. The van der Waals surface area contributed by atoms with Gasteiger partial charge in [-0.25, -0.2) is 0 Å². The van der Waals surface area contributed by atoms with Crippen LogP contribution >= 0.6 is 27.3 Å². The van der Waals surface area contributed by atoms with Gasteiger partial charge in [-0.15, -0.1) is 11.3 Å². The molecule has 0 fully saturated rings. The Morgan fingerprint density at radius 1 is 1.61 bits per heavy atom. The number of aliphatic hydroxyl groups is 1. The van der Waals surface area contributed by atoms with E-state index in [1.165, 1.54) is 5.56 Å².